The number of nitro groups is 1. The predicted molar refractivity (Wildman–Crippen MR) is 111 cm³/mol. The minimum atomic E-state index is -0.701. The van der Waals surface area contributed by atoms with Gasteiger partial charge < -0.3 is 5.32 Å². The summed E-state index contributed by atoms with van der Waals surface area (Å²) in [6.07, 6.45) is 2.85. The lowest BCUT2D eigenvalue weighted by Crippen LogP contribution is -2.41. The molecule has 0 aliphatic heterocycles. The summed E-state index contributed by atoms with van der Waals surface area (Å²) in [4.78, 5) is 38.9. The number of hydrazine groups is 1. The number of hydrogen-bond acceptors (Lipinski definition) is 6. The van der Waals surface area contributed by atoms with Gasteiger partial charge in [-0.25, -0.2) is 0 Å². The molecule has 0 saturated heterocycles. The van der Waals surface area contributed by atoms with Crippen LogP contribution in [0, 0.1) is 10.1 Å². The Morgan fingerprint density at radius 2 is 1.73 bits per heavy atom. The number of anilines is 1. The Morgan fingerprint density at radius 1 is 1.00 bits per heavy atom. The van der Waals surface area contributed by atoms with Gasteiger partial charge in [0.25, 0.3) is 17.5 Å². The third-order valence-electron chi connectivity index (χ3n) is 4.10. The number of benzene rings is 2. The van der Waals surface area contributed by atoms with E-state index in [0.717, 1.165) is 11.6 Å². The Hall–Kier alpha value is -3.98. The van der Waals surface area contributed by atoms with E-state index in [1.54, 1.807) is 24.3 Å². The summed E-state index contributed by atoms with van der Waals surface area (Å²) in [5.41, 5.74) is 5.44. The Bertz CT molecular complexity index is 1090. The molecule has 2 aromatic carbocycles. The lowest BCUT2D eigenvalue weighted by atomic mass is 10.1. The average Bonchev–Trinajstić information content (AvgIpc) is 2.77. The van der Waals surface area contributed by atoms with Crippen molar-refractivity contribution >= 4 is 34.8 Å². The van der Waals surface area contributed by atoms with Crippen LogP contribution in [0.3, 0.4) is 0 Å². The number of rotatable bonds is 6. The zero-order valence-corrected chi connectivity index (χ0v) is 16.2. The molecule has 10 heteroatoms. The number of halogens is 1. The summed E-state index contributed by atoms with van der Waals surface area (Å²) < 4.78 is 0. The van der Waals surface area contributed by atoms with Gasteiger partial charge in [-0.2, -0.15) is 0 Å². The first-order valence-corrected chi connectivity index (χ1v) is 9.10. The van der Waals surface area contributed by atoms with Crippen molar-refractivity contribution in [2.75, 3.05) is 5.32 Å². The topological polar surface area (TPSA) is 126 Å². The smallest absolute Gasteiger partial charge is 0.293 e. The molecule has 0 bridgehead atoms. The minimum absolute atomic E-state index is 0.0106. The lowest BCUT2D eigenvalue weighted by Gasteiger charge is -2.11. The number of aromatic nitrogens is 1. The van der Waals surface area contributed by atoms with Crippen molar-refractivity contribution < 1.29 is 14.5 Å². The van der Waals surface area contributed by atoms with E-state index >= 15 is 0 Å². The maximum Gasteiger partial charge on any atom is 0.293 e. The second-order valence-electron chi connectivity index (χ2n) is 6.08. The molecule has 9 nitrogen and oxygen atoms in total. The van der Waals surface area contributed by atoms with Gasteiger partial charge in [-0.3, -0.25) is 35.5 Å². The van der Waals surface area contributed by atoms with E-state index in [-0.39, 0.29) is 29.0 Å². The molecule has 2 amide bonds. The third-order valence-corrected chi connectivity index (χ3v) is 4.47. The Labute approximate surface area is 176 Å². The summed E-state index contributed by atoms with van der Waals surface area (Å²) in [6, 6.07) is 14.2. The maximum absolute atomic E-state index is 12.3. The number of nitrogens with zero attached hydrogens (tertiary/aromatic N) is 2. The molecule has 152 valence electrons. The average molecular weight is 426 g/mol. The van der Waals surface area contributed by atoms with Crippen molar-refractivity contribution in [3.63, 3.8) is 0 Å². The molecule has 0 aliphatic rings. The van der Waals surface area contributed by atoms with Crippen molar-refractivity contribution in [2.45, 2.75) is 6.54 Å². The van der Waals surface area contributed by atoms with E-state index in [4.69, 9.17) is 11.6 Å². The van der Waals surface area contributed by atoms with Crippen LogP contribution in [0.15, 0.2) is 67.0 Å². The van der Waals surface area contributed by atoms with Gasteiger partial charge in [-0.1, -0.05) is 29.8 Å². The predicted octanol–water partition coefficient (Wildman–Crippen LogP) is 3.33. The van der Waals surface area contributed by atoms with E-state index in [2.05, 4.69) is 21.2 Å². The summed E-state index contributed by atoms with van der Waals surface area (Å²) in [7, 11) is 0. The molecule has 3 N–H and O–H groups in total. The number of nitro benzene ring substituents is 1. The normalized spacial score (nSPS) is 10.2. The van der Waals surface area contributed by atoms with E-state index in [1.165, 1.54) is 30.6 Å². The van der Waals surface area contributed by atoms with Crippen molar-refractivity contribution in [3.05, 3.63) is 98.8 Å². The summed E-state index contributed by atoms with van der Waals surface area (Å²) in [5.74, 6) is -1.27. The Balaban J connectivity index is 1.69. The number of hydrogen-bond donors (Lipinski definition) is 3. The first-order valence-electron chi connectivity index (χ1n) is 8.72. The maximum atomic E-state index is 12.3. The van der Waals surface area contributed by atoms with Crippen LogP contribution in [0.4, 0.5) is 11.4 Å². The molecule has 0 saturated carbocycles. The van der Waals surface area contributed by atoms with Crippen LogP contribution < -0.4 is 16.2 Å². The van der Waals surface area contributed by atoms with Crippen LogP contribution >= 0.6 is 11.6 Å². The Morgan fingerprint density at radius 3 is 2.40 bits per heavy atom. The van der Waals surface area contributed by atoms with Crippen LogP contribution in [0.5, 0.6) is 0 Å². The second-order valence-corrected chi connectivity index (χ2v) is 6.49. The molecule has 0 atom stereocenters. The SMILES string of the molecule is O=C(NNC(=O)c1ccc(NCc2ccccc2Cl)c([N+](=O)[O-])c1)c1cccnc1. The summed E-state index contributed by atoms with van der Waals surface area (Å²) >= 11 is 6.10. The molecular weight excluding hydrogens is 410 g/mol. The van der Waals surface area contributed by atoms with Crippen LogP contribution in [0.1, 0.15) is 26.3 Å². The molecule has 0 spiro atoms. The lowest BCUT2D eigenvalue weighted by molar-refractivity contribution is -0.384. The molecule has 0 radical (unpaired) electrons. The highest BCUT2D eigenvalue weighted by Gasteiger charge is 2.18. The summed E-state index contributed by atoms with van der Waals surface area (Å²) in [6.45, 7) is 0.271. The van der Waals surface area contributed by atoms with Crippen LogP contribution in [-0.4, -0.2) is 21.7 Å². The zero-order valence-electron chi connectivity index (χ0n) is 15.5. The molecule has 3 aromatic rings. The molecule has 0 aliphatic carbocycles. The summed E-state index contributed by atoms with van der Waals surface area (Å²) in [5, 5.41) is 14.9. The van der Waals surface area contributed by atoms with Gasteiger partial charge in [0.1, 0.15) is 5.69 Å². The fourth-order valence-electron chi connectivity index (χ4n) is 2.56. The molecule has 0 fully saturated rings. The van der Waals surface area contributed by atoms with Crippen LogP contribution in [0.2, 0.25) is 5.02 Å². The van der Waals surface area contributed by atoms with E-state index < -0.39 is 16.7 Å². The largest absolute Gasteiger partial charge is 0.375 e. The number of carbonyl (C=O) groups is 2. The minimum Gasteiger partial charge on any atom is -0.375 e. The van der Waals surface area contributed by atoms with Gasteiger partial charge in [0.2, 0.25) is 0 Å². The van der Waals surface area contributed by atoms with Crippen molar-refractivity contribution in [1.82, 2.24) is 15.8 Å². The fraction of sp³-hybridized carbons (Fsp3) is 0.0500. The molecule has 3 rings (SSSR count). The first-order chi connectivity index (χ1) is 14.5. The highest BCUT2D eigenvalue weighted by atomic mass is 35.5. The van der Waals surface area contributed by atoms with Crippen molar-refractivity contribution in [1.29, 1.82) is 0 Å². The molecular formula is C20H16ClN5O4. The molecule has 30 heavy (non-hydrogen) atoms. The number of carbonyl (C=O) groups excluding carboxylic acids is 2. The van der Waals surface area contributed by atoms with Gasteiger partial charge in [0, 0.05) is 35.6 Å². The monoisotopic (exact) mass is 425 g/mol. The quantitative estimate of drug-likeness (QED) is 0.410. The third kappa shape index (κ3) is 5.09. The number of pyridine rings is 1. The van der Waals surface area contributed by atoms with Crippen LogP contribution in [0.25, 0.3) is 0 Å². The van der Waals surface area contributed by atoms with Gasteiger partial charge in [-0.05, 0) is 35.9 Å². The molecule has 0 unspecified atom stereocenters. The van der Waals surface area contributed by atoms with Gasteiger partial charge in [-0.15, -0.1) is 0 Å². The van der Waals surface area contributed by atoms with Crippen molar-refractivity contribution in [2.24, 2.45) is 0 Å². The fourth-order valence-corrected chi connectivity index (χ4v) is 2.76. The zero-order chi connectivity index (χ0) is 21.5. The molecule has 1 aromatic heterocycles. The van der Waals surface area contributed by atoms with Gasteiger partial charge in [0.15, 0.2) is 0 Å². The van der Waals surface area contributed by atoms with Gasteiger partial charge in [0.05, 0.1) is 10.5 Å². The van der Waals surface area contributed by atoms with Gasteiger partial charge >= 0.3 is 0 Å². The standard InChI is InChI=1S/C20H16ClN5O4/c21-16-6-2-1-4-14(16)12-23-17-8-7-13(10-18(17)26(29)30)19(27)24-25-20(28)15-5-3-9-22-11-15/h1-11,23H,12H2,(H,24,27)(H,25,28). The second kappa shape index (κ2) is 9.48. The number of amides is 2. The van der Waals surface area contributed by atoms with E-state index in [1.807, 2.05) is 6.07 Å². The van der Waals surface area contributed by atoms with E-state index in [9.17, 15) is 19.7 Å². The number of nitrogens with one attached hydrogen (secondary N) is 3. The van der Waals surface area contributed by atoms with E-state index in [0.29, 0.717) is 5.02 Å². The highest BCUT2D eigenvalue weighted by molar-refractivity contribution is 6.31. The highest BCUT2D eigenvalue weighted by Crippen LogP contribution is 2.27. The molecule has 1 heterocycles. The van der Waals surface area contributed by atoms with Crippen molar-refractivity contribution in [3.8, 4) is 0 Å². The Kier molecular flexibility index (Phi) is 6.56. The van der Waals surface area contributed by atoms with Crippen LogP contribution in [-0.2, 0) is 6.54 Å². The first kappa shape index (κ1) is 20.7.